The zero-order valence-corrected chi connectivity index (χ0v) is 15.9. The summed E-state index contributed by atoms with van der Waals surface area (Å²) in [6.45, 7) is 3.97. The van der Waals surface area contributed by atoms with Gasteiger partial charge in [0, 0.05) is 24.9 Å². The van der Waals surface area contributed by atoms with E-state index in [1.807, 2.05) is 29.1 Å². The first-order valence-electron chi connectivity index (χ1n) is 9.39. The molecule has 3 aromatic heterocycles. The van der Waals surface area contributed by atoms with Crippen LogP contribution in [0.2, 0.25) is 0 Å². The summed E-state index contributed by atoms with van der Waals surface area (Å²) in [6.07, 6.45) is 6.27. The molecule has 0 radical (unpaired) electrons. The number of fused-ring (bicyclic) bond motifs is 1. The molecule has 0 atom stereocenters. The monoisotopic (exact) mass is 378 g/mol. The number of aromatic nitrogens is 5. The molecule has 1 fully saturated rings. The highest BCUT2D eigenvalue weighted by atomic mass is 32.1. The van der Waals surface area contributed by atoms with E-state index in [-0.39, 0.29) is 0 Å². The van der Waals surface area contributed by atoms with Crippen molar-refractivity contribution in [1.82, 2.24) is 29.4 Å². The minimum absolute atomic E-state index is 0.508. The summed E-state index contributed by atoms with van der Waals surface area (Å²) in [5.41, 5.74) is 3.42. The molecule has 0 bridgehead atoms. The number of benzene rings is 1. The van der Waals surface area contributed by atoms with Crippen molar-refractivity contribution in [3.8, 4) is 0 Å². The molecule has 0 amide bonds. The molecule has 27 heavy (non-hydrogen) atoms. The Morgan fingerprint density at radius 1 is 1.11 bits per heavy atom. The molecule has 0 unspecified atom stereocenters. The third-order valence-electron chi connectivity index (χ3n) is 5.39. The number of hydrogen-bond donors (Lipinski definition) is 0. The predicted octanol–water partition coefficient (Wildman–Crippen LogP) is 3.57. The lowest BCUT2D eigenvalue weighted by Crippen LogP contribution is -2.33. The van der Waals surface area contributed by atoms with E-state index in [4.69, 9.17) is 0 Å². The zero-order chi connectivity index (χ0) is 18.1. The van der Waals surface area contributed by atoms with Crippen molar-refractivity contribution >= 4 is 22.4 Å². The lowest BCUT2D eigenvalue weighted by Gasteiger charge is -2.31. The van der Waals surface area contributed by atoms with Gasteiger partial charge in [0.2, 0.25) is 0 Å². The molecule has 4 aromatic rings. The highest BCUT2D eigenvalue weighted by Crippen LogP contribution is 2.28. The predicted molar refractivity (Wildman–Crippen MR) is 107 cm³/mol. The second-order valence-electron chi connectivity index (χ2n) is 7.16. The minimum atomic E-state index is 0.508. The van der Waals surface area contributed by atoms with Crippen LogP contribution >= 0.6 is 11.3 Å². The van der Waals surface area contributed by atoms with Crippen LogP contribution in [0.25, 0.3) is 11.0 Å². The summed E-state index contributed by atoms with van der Waals surface area (Å²) in [7, 11) is 0. The fourth-order valence-corrected chi connectivity index (χ4v) is 4.62. The van der Waals surface area contributed by atoms with Crippen molar-refractivity contribution in [2.75, 3.05) is 13.1 Å². The van der Waals surface area contributed by atoms with Crippen molar-refractivity contribution < 1.29 is 0 Å². The van der Waals surface area contributed by atoms with Crippen molar-refractivity contribution in [2.24, 2.45) is 0 Å². The molecule has 4 heterocycles. The van der Waals surface area contributed by atoms with Crippen LogP contribution in [0.3, 0.4) is 0 Å². The van der Waals surface area contributed by atoms with E-state index in [2.05, 4.69) is 53.9 Å². The van der Waals surface area contributed by atoms with E-state index < -0.39 is 0 Å². The summed E-state index contributed by atoms with van der Waals surface area (Å²) in [6, 6.07) is 10.3. The number of thiophene rings is 1. The van der Waals surface area contributed by atoms with Gasteiger partial charge < -0.3 is 4.57 Å². The van der Waals surface area contributed by atoms with E-state index in [0.29, 0.717) is 12.6 Å². The molecular weight excluding hydrogens is 356 g/mol. The van der Waals surface area contributed by atoms with E-state index >= 15 is 0 Å². The molecule has 5 rings (SSSR count). The first-order chi connectivity index (χ1) is 13.4. The van der Waals surface area contributed by atoms with Gasteiger partial charge in [0.1, 0.15) is 18.0 Å². The largest absolute Gasteiger partial charge is 0.314 e. The molecule has 1 aromatic carbocycles. The van der Waals surface area contributed by atoms with Gasteiger partial charge in [-0.2, -0.15) is 11.3 Å². The van der Waals surface area contributed by atoms with Gasteiger partial charge in [-0.3, -0.25) is 4.90 Å². The van der Waals surface area contributed by atoms with Crippen LogP contribution in [0.1, 0.15) is 30.1 Å². The molecule has 7 heteroatoms. The Morgan fingerprint density at radius 2 is 2.00 bits per heavy atom. The quantitative estimate of drug-likeness (QED) is 0.533. The van der Waals surface area contributed by atoms with Crippen LogP contribution in [0.5, 0.6) is 0 Å². The number of likely N-dealkylation sites (tertiary alicyclic amines) is 1. The Balaban J connectivity index is 1.28. The van der Waals surface area contributed by atoms with Crippen LogP contribution in [0.4, 0.5) is 0 Å². The van der Waals surface area contributed by atoms with Crippen molar-refractivity contribution in [3.05, 3.63) is 64.9 Å². The Labute approximate surface area is 162 Å². The Morgan fingerprint density at radius 3 is 2.85 bits per heavy atom. The second kappa shape index (κ2) is 7.25. The van der Waals surface area contributed by atoms with Crippen LogP contribution in [0, 0.1) is 0 Å². The number of rotatable bonds is 5. The second-order valence-corrected chi connectivity index (χ2v) is 7.94. The Kier molecular flexibility index (Phi) is 4.47. The molecule has 1 aliphatic heterocycles. The van der Waals surface area contributed by atoms with Gasteiger partial charge in [0.25, 0.3) is 0 Å². The summed E-state index contributed by atoms with van der Waals surface area (Å²) in [5.74, 6) is 1.68. The maximum Gasteiger partial charge on any atom is 0.119 e. The number of para-hydroxylation sites is 1. The fourth-order valence-electron chi connectivity index (χ4n) is 3.96. The van der Waals surface area contributed by atoms with Gasteiger partial charge in [-0.05, 0) is 60.5 Å². The number of piperidine rings is 1. The van der Waals surface area contributed by atoms with Gasteiger partial charge in [-0.1, -0.05) is 17.3 Å². The van der Waals surface area contributed by atoms with E-state index in [0.717, 1.165) is 43.5 Å². The average molecular weight is 379 g/mol. The summed E-state index contributed by atoms with van der Waals surface area (Å²) in [5, 5.41) is 13.0. The molecule has 1 saturated heterocycles. The number of imidazole rings is 1. The van der Waals surface area contributed by atoms with Crippen LogP contribution in [-0.4, -0.2) is 42.5 Å². The van der Waals surface area contributed by atoms with Crippen molar-refractivity contribution in [2.45, 2.75) is 32.0 Å². The molecular formula is C20H22N6S. The topological polar surface area (TPSA) is 51.8 Å². The Hall–Kier alpha value is -2.51. The van der Waals surface area contributed by atoms with E-state index in [9.17, 15) is 0 Å². The number of hydrogen-bond acceptors (Lipinski definition) is 5. The lowest BCUT2D eigenvalue weighted by molar-refractivity contribution is 0.200. The molecule has 0 N–H and O–H groups in total. The van der Waals surface area contributed by atoms with Crippen LogP contribution in [-0.2, 0) is 13.2 Å². The third-order valence-corrected chi connectivity index (χ3v) is 6.13. The SMILES string of the molecule is c1ccc2c(c1)nnn2Cn1ccnc1C1CCN(Cc2ccsc2)CC1. The number of nitrogens with zero attached hydrogens (tertiary/aromatic N) is 6. The summed E-state index contributed by atoms with van der Waals surface area (Å²) < 4.78 is 4.17. The van der Waals surface area contributed by atoms with E-state index in [1.165, 1.54) is 11.4 Å². The van der Waals surface area contributed by atoms with Gasteiger partial charge in [-0.15, -0.1) is 5.10 Å². The highest BCUT2D eigenvalue weighted by molar-refractivity contribution is 7.07. The van der Waals surface area contributed by atoms with Gasteiger partial charge in [0.05, 0.1) is 5.52 Å². The fraction of sp³-hybridized carbons (Fsp3) is 0.350. The minimum Gasteiger partial charge on any atom is -0.314 e. The maximum absolute atomic E-state index is 4.69. The summed E-state index contributed by atoms with van der Waals surface area (Å²) >= 11 is 1.78. The van der Waals surface area contributed by atoms with Gasteiger partial charge in [0.15, 0.2) is 0 Å². The third kappa shape index (κ3) is 3.40. The van der Waals surface area contributed by atoms with Crippen molar-refractivity contribution in [1.29, 1.82) is 0 Å². The molecule has 1 aliphatic rings. The molecule has 138 valence electrons. The van der Waals surface area contributed by atoms with E-state index in [1.54, 1.807) is 11.3 Å². The molecule has 0 aliphatic carbocycles. The first-order valence-corrected chi connectivity index (χ1v) is 10.3. The first kappa shape index (κ1) is 16.6. The molecule has 0 saturated carbocycles. The smallest absolute Gasteiger partial charge is 0.119 e. The Bertz CT molecular complexity index is 1010. The zero-order valence-electron chi connectivity index (χ0n) is 15.1. The normalized spacial score (nSPS) is 16.3. The lowest BCUT2D eigenvalue weighted by atomic mass is 9.95. The standard InChI is InChI=1S/C20H22N6S/c1-2-4-19-18(3-1)22-23-26(19)15-25-11-8-21-20(25)17-5-9-24(10-6-17)13-16-7-12-27-14-16/h1-4,7-8,11-12,14,17H,5-6,9-10,13,15H2. The van der Waals surface area contributed by atoms with Crippen LogP contribution in [0.15, 0.2) is 53.5 Å². The summed E-state index contributed by atoms with van der Waals surface area (Å²) in [4.78, 5) is 7.24. The maximum atomic E-state index is 4.69. The highest BCUT2D eigenvalue weighted by Gasteiger charge is 2.24. The molecule has 6 nitrogen and oxygen atoms in total. The van der Waals surface area contributed by atoms with Gasteiger partial charge in [-0.25, -0.2) is 9.67 Å². The average Bonchev–Trinajstić information content (AvgIpc) is 3.45. The van der Waals surface area contributed by atoms with Gasteiger partial charge >= 0.3 is 0 Å². The van der Waals surface area contributed by atoms with Crippen molar-refractivity contribution in [3.63, 3.8) is 0 Å². The molecule has 0 spiro atoms. The van der Waals surface area contributed by atoms with Crippen LogP contribution < -0.4 is 0 Å².